The molecule has 90 valence electrons. The molecule has 18 heavy (non-hydrogen) atoms. The molecule has 1 aromatic carbocycles. The molecule has 1 unspecified atom stereocenters. The molecule has 1 aliphatic rings. The SMILES string of the molecule is COC1(c2cccnc2)N=Cc2ccccc2N1. The van der Waals surface area contributed by atoms with Crippen molar-refractivity contribution in [2.75, 3.05) is 12.4 Å². The third kappa shape index (κ3) is 1.67. The summed E-state index contributed by atoms with van der Waals surface area (Å²) in [5.74, 6) is -0.886. The van der Waals surface area contributed by atoms with Crippen LogP contribution in [0.1, 0.15) is 11.1 Å². The van der Waals surface area contributed by atoms with E-state index >= 15 is 0 Å². The molecule has 0 bridgehead atoms. The van der Waals surface area contributed by atoms with Crippen molar-refractivity contribution in [1.29, 1.82) is 0 Å². The number of para-hydroxylation sites is 1. The van der Waals surface area contributed by atoms with Crippen molar-refractivity contribution in [1.82, 2.24) is 4.98 Å². The van der Waals surface area contributed by atoms with Crippen LogP contribution in [0.4, 0.5) is 5.69 Å². The monoisotopic (exact) mass is 239 g/mol. The second-order valence-corrected chi connectivity index (χ2v) is 4.06. The van der Waals surface area contributed by atoms with Crippen LogP contribution in [-0.4, -0.2) is 18.3 Å². The fourth-order valence-corrected chi connectivity index (χ4v) is 2.03. The van der Waals surface area contributed by atoms with Gasteiger partial charge in [-0.05, 0) is 18.2 Å². The first-order valence-corrected chi connectivity index (χ1v) is 5.72. The van der Waals surface area contributed by atoms with Crippen molar-refractivity contribution < 1.29 is 4.74 Å². The third-order valence-corrected chi connectivity index (χ3v) is 3.00. The molecular formula is C14H13N3O. The van der Waals surface area contributed by atoms with Gasteiger partial charge in [-0.1, -0.05) is 18.2 Å². The lowest BCUT2D eigenvalue weighted by molar-refractivity contribution is 0.0183. The van der Waals surface area contributed by atoms with Gasteiger partial charge in [-0.3, -0.25) is 4.98 Å². The second-order valence-electron chi connectivity index (χ2n) is 4.06. The van der Waals surface area contributed by atoms with Crippen molar-refractivity contribution in [2.45, 2.75) is 5.85 Å². The van der Waals surface area contributed by atoms with Crippen LogP contribution in [0.25, 0.3) is 0 Å². The summed E-state index contributed by atoms with van der Waals surface area (Å²) in [6, 6.07) is 11.8. The van der Waals surface area contributed by atoms with E-state index in [-0.39, 0.29) is 0 Å². The lowest BCUT2D eigenvalue weighted by Gasteiger charge is -2.33. The molecule has 1 atom stereocenters. The van der Waals surface area contributed by atoms with E-state index in [0.717, 1.165) is 16.8 Å². The highest BCUT2D eigenvalue weighted by molar-refractivity contribution is 5.90. The molecule has 1 aromatic heterocycles. The lowest BCUT2D eigenvalue weighted by Crippen LogP contribution is -2.38. The van der Waals surface area contributed by atoms with E-state index in [4.69, 9.17) is 4.74 Å². The molecule has 3 rings (SSSR count). The summed E-state index contributed by atoms with van der Waals surface area (Å²) in [5.41, 5.74) is 2.92. The molecule has 0 amide bonds. The molecule has 0 saturated heterocycles. The summed E-state index contributed by atoms with van der Waals surface area (Å²) >= 11 is 0. The van der Waals surface area contributed by atoms with Crippen LogP contribution in [0.2, 0.25) is 0 Å². The van der Waals surface area contributed by atoms with Crippen molar-refractivity contribution in [3.63, 3.8) is 0 Å². The number of nitrogens with zero attached hydrogens (tertiary/aromatic N) is 2. The predicted octanol–water partition coefficient (Wildman–Crippen LogP) is 2.38. The van der Waals surface area contributed by atoms with Gasteiger partial charge in [0.25, 0.3) is 5.85 Å². The average molecular weight is 239 g/mol. The molecule has 1 aliphatic heterocycles. The Kier molecular flexibility index (Phi) is 2.57. The van der Waals surface area contributed by atoms with Crippen LogP contribution in [0, 0.1) is 0 Å². The number of ether oxygens (including phenoxy) is 1. The highest BCUT2D eigenvalue weighted by Gasteiger charge is 2.34. The van der Waals surface area contributed by atoms with Gasteiger partial charge in [0.05, 0.1) is 0 Å². The Hall–Kier alpha value is -2.20. The fraction of sp³-hybridized carbons (Fsp3) is 0.143. The van der Waals surface area contributed by atoms with Crippen LogP contribution in [0.5, 0.6) is 0 Å². The summed E-state index contributed by atoms with van der Waals surface area (Å²) < 4.78 is 5.57. The van der Waals surface area contributed by atoms with Crippen LogP contribution in [-0.2, 0) is 10.6 Å². The zero-order valence-electron chi connectivity index (χ0n) is 10.00. The Bertz CT molecular complexity index is 583. The number of fused-ring (bicyclic) bond motifs is 1. The van der Waals surface area contributed by atoms with Gasteiger partial charge in [-0.15, -0.1) is 0 Å². The van der Waals surface area contributed by atoms with E-state index < -0.39 is 5.85 Å². The zero-order valence-corrected chi connectivity index (χ0v) is 10.00. The Morgan fingerprint density at radius 1 is 1.17 bits per heavy atom. The first-order valence-electron chi connectivity index (χ1n) is 5.72. The first-order chi connectivity index (χ1) is 8.84. The van der Waals surface area contributed by atoms with E-state index in [1.807, 2.05) is 42.6 Å². The Balaban J connectivity index is 2.07. The fourth-order valence-electron chi connectivity index (χ4n) is 2.03. The Labute approximate surface area is 105 Å². The number of aliphatic imine (C=N–C) groups is 1. The number of benzene rings is 1. The maximum atomic E-state index is 5.57. The quantitative estimate of drug-likeness (QED) is 0.875. The van der Waals surface area contributed by atoms with Gasteiger partial charge in [-0.25, -0.2) is 4.99 Å². The first kappa shape index (κ1) is 10.9. The molecule has 0 radical (unpaired) electrons. The molecular weight excluding hydrogens is 226 g/mol. The summed E-state index contributed by atoms with van der Waals surface area (Å²) in [5, 5.41) is 3.32. The van der Waals surface area contributed by atoms with E-state index in [9.17, 15) is 0 Å². The predicted molar refractivity (Wildman–Crippen MR) is 70.6 cm³/mol. The third-order valence-electron chi connectivity index (χ3n) is 3.00. The van der Waals surface area contributed by atoms with Gasteiger partial charge in [-0.2, -0.15) is 0 Å². The number of rotatable bonds is 2. The number of methoxy groups -OCH3 is 1. The molecule has 0 spiro atoms. The molecule has 4 nitrogen and oxygen atoms in total. The number of hydrogen-bond acceptors (Lipinski definition) is 4. The maximum Gasteiger partial charge on any atom is 0.265 e. The van der Waals surface area contributed by atoms with Crippen LogP contribution in [0.3, 0.4) is 0 Å². The number of nitrogens with one attached hydrogen (secondary N) is 1. The molecule has 0 saturated carbocycles. The number of hydrogen-bond donors (Lipinski definition) is 1. The van der Waals surface area contributed by atoms with Crippen molar-refractivity contribution in [3.8, 4) is 0 Å². The van der Waals surface area contributed by atoms with Crippen LogP contribution in [0.15, 0.2) is 53.8 Å². The van der Waals surface area contributed by atoms with Gasteiger partial charge >= 0.3 is 0 Å². The molecule has 2 heterocycles. The van der Waals surface area contributed by atoms with E-state index in [2.05, 4.69) is 15.3 Å². The number of anilines is 1. The smallest absolute Gasteiger partial charge is 0.265 e. The van der Waals surface area contributed by atoms with E-state index in [1.54, 1.807) is 19.5 Å². The van der Waals surface area contributed by atoms with Crippen LogP contribution >= 0.6 is 0 Å². The minimum absolute atomic E-state index is 0.873. The summed E-state index contributed by atoms with van der Waals surface area (Å²) in [4.78, 5) is 8.61. The van der Waals surface area contributed by atoms with Gasteiger partial charge in [0.15, 0.2) is 0 Å². The van der Waals surface area contributed by atoms with Crippen molar-refractivity contribution >= 4 is 11.9 Å². The number of aromatic nitrogens is 1. The topological polar surface area (TPSA) is 46.5 Å². The van der Waals surface area contributed by atoms with E-state index in [0.29, 0.717) is 0 Å². The normalized spacial score (nSPS) is 21.2. The highest BCUT2D eigenvalue weighted by atomic mass is 16.5. The highest BCUT2D eigenvalue weighted by Crippen LogP contribution is 2.32. The standard InChI is InChI=1S/C14H13N3O/c1-18-14(12-6-4-8-15-10-12)16-9-11-5-2-3-7-13(11)17-14/h2-10,17H,1H3. The molecule has 2 aromatic rings. The largest absolute Gasteiger partial charge is 0.336 e. The van der Waals surface area contributed by atoms with Crippen molar-refractivity contribution in [2.24, 2.45) is 4.99 Å². The molecule has 1 N–H and O–H groups in total. The average Bonchev–Trinajstić information content (AvgIpc) is 2.47. The second kappa shape index (κ2) is 4.23. The summed E-state index contributed by atoms with van der Waals surface area (Å²) in [6.07, 6.45) is 5.30. The zero-order chi connectivity index (χ0) is 12.4. The number of pyridine rings is 1. The van der Waals surface area contributed by atoms with Gasteiger partial charge in [0.2, 0.25) is 0 Å². The maximum absolute atomic E-state index is 5.57. The molecule has 0 aliphatic carbocycles. The van der Waals surface area contributed by atoms with Gasteiger partial charge < -0.3 is 10.1 Å². The Morgan fingerprint density at radius 3 is 2.83 bits per heavy atom. The lowest BCUT2D eigenvalue weighted by atomic mass is 10.1. The molecule has 4 heteroatoms. The van der Waals surface area contributed by atoms with Gasteiger partial charge in [0.1, 0.15) is 0 Å². The van der Waals surface area contributed by atoms with Gasteiger partial charge in [0, 0.05) is 42.5 Å². The summed E-state index contributed by atoms with van der Waals surface area (Å²) in [7, 11) is 1.63. The van der Waals surface area contributed by atoms with Crippen molar-refractivity contribution in [3.05, 3.63) is 59.9 Å². The Morgan fingerprint density at radius 2 is 2.06 bits per heavy atom. The molecule has 0 fully saturated rings. The minimum Gasteiger partial charge on any atom is -0.336 e. The summed E-state index contributed by atoms with van der Waals surface area (Å²) in [6.45, 7) is 0. The minimum atomic E-state index is -0.886. The van der Waals surface area contributed by atoms with Crippen LogP contribution < -0.4 is 5.32 Å². The van der Waals surface area contributed by atoms with E-state index in [1.165, 1.54) is 0 Å².